The lowest BCUT2D eigenvalue weighted by Gasteiger charge is -2.13. The first-order valence-electron chi connectivity index (χ1n) is 5.14. The Morgan fingerprint density at radius 3 is 2.60 bits per heavy atom. The molecule has 1 rings (SSSR count). The number of hydrogen-bond donors (Lipinski definition) is 0. The van der Waals surface area contributed by atoms with Crippen molar-refractivity contribution in [3.05, 3.63) is 42.5 Å². The lowest BCUT2D eigenvalue weighted by atomic mass is 10.2. The molecule has 2 nitrogen and oxygen atoms in total. The molecule has 0 spiro atoms. The summed E-state index contributed by atoms with van der Waals surface area (Å²) in [6.45, 7) is 8.77. The second-order valence-electron chi connectivity index (χ2n) is 3.56. The highest BCUT2D eigenvalue weighted by Gasteiger charge is 2.01. The quantitative estimate of drug-likeness (QED) is 0.666. The van der Waals surface area contributed by atoms with E-state index in [9.17, 15) is 0 Å². The first kappa shape index (κ1) is 11.8. The van der Waals surface area contributed by atoms with Crippen molar-refractivity contribution in [1.29, 1.82) is 0 Å². The summed E-state index contributed by atoms with van der Waals surface area (Å²) >= 11 is 0. The Kier molecular flexibility index (Phi) is 4.91. The molecule has 0 bridgehead atoms. The lowest BCUT2D eigenvalue weighted by Crippen LogP contribution is -2.18. The standard InChI is InChI=1S/C13H18O2/c1-4-9-14-12(3)10-15-13-7-5-11(2)6-8-13/h4-8,12H,1,9-10H2,2-3H3. The Balaban J connectivity index is 2.30. The Morgan fingerprint density at radius 1 is 1.33 bits per heavy atom. The predicted octanol–water partition coefficient (Wildman–Crippen LogP) is 2.96. The second-order valence-corrected chi connectivity index (χ2v) is 3.56. The minimum Gasteiger partial charge on any atom is -0.491 e. The van der Waals surface area contributed by atoms with E-state index >= 15 is 0 Å². The fourth-order valence-electron chi connectivity index (χ4n) is 1.13. The molecule has 0 saturated carbocycles. The van der Waals surface area contributed by atoms with Gasteiger partial charge in [-0.1, -0.05) is 23.8 Å². The van der Waals surface area contributed by atoms with Gasteiger partial charge in [0, 0.05) is 0 Å². The second kappa shape index (κ2) is 6.25. The van der Waals surface area contributed by atoms with Crippen molar-refractivity contribution in [1.82, 2.24) is 0 Å². The summed E-state index contributed by atoms with van der Waals surface area (Å²) in [6.07, 6.45) is 1.83. The van der Waals surface area contributed by atoms with E-state index in [1.54, 1.807) is 6.08 Å². The zero-order valence-electron chi connectivity index (χ0n) is 9.40. The van der Waals surface area contributed by atoms with Crippen molar-refractivity contribution in [2.24, 2.45) is 0 Å². The van der Waals surface area contributed by atoms with Crippen molar-refractivity contribution >= 4 is 0 Å². The van der Waals surface area contributed by atoms with Crippen LogP contribution < -0.4 is 4.74 Å². The molecule has 0 aliphatic carbocycles. The van der Waals surface area contributed by atoms with Gasteiger partial charge in [0.1, 0.15) is 12.4 Å². The van der Waals surface area contributed by atoms with E-state index in [1.807, 2.05) is 31.2 Å². The fraction of sp³-hybridized carbons (Fsp3) is 0.385. The van der Waals surface area contributed by atoms with Gasteiger partial charge in [0.2, 0.25) is 0 Å². The summed E-state index contributed by atoms with van der Waals surface area (Å²) in [5, 5.41) is 0. The van der Waals surface area contributed by atoms with E-state index in [-0.39, 0.29) is 6.10 Å². The van der Waals surface area contributed by atoms with Crippen LogP contribution in [-0.2, 0) is 4.74 Å². The van der Waals surface area contributed by atoms with Crippen LogP contribution in [0.15, 0.2) is 36.9 Å². The number of hydrogen-bond acceptors (Lipinski definition) is 2. The maximum absolute atomic E-state index is 5.56. The van der Waals surface area contributed by atoms with Gasteiger partial charge in [-0.25, -0.2) is 0 Å². The van der Waals surface area contributed by atoms with Gasteiger partial charge >= 0.3 is 0 Å². The van der Waals surface area contributed by atoms with Crippen molar-refractivity contribution in [3.63, 3.8) is 0 Å². The van der Waals surface area contributed by atoms with Gasteiger partial charge in [-0.15, -0.1) is 6.58 Å². The van der Waals surface area contributed by atoms with Crippen molar-refractivity contribution in [3.8, 4) is 5.75 Å². The van der Waals surface area contributed by atoms with Gasteiger partial charge < -0.3 is 9.47 Å². The monoisotopic (exact) mass is 206 g/mol. The van der Waals surface area contributed by atoms with Crippen molar-refractivity contribution in [2.45, 2.75) is 20.0 Å². The minimum atomic E-state index is 0.0873. The SMILES string of the molecule is C=CCOC(C)COc1ccc(C)cc1. The van der Waals surface area contributed by atoms with Crippen molar-refractivity contribution < 1.29 is 9.47 Å². The topological polar surface area (TPSA) is 18.5 Å². The van der Waals surface area contributed by atoms with Crippen LogP contribution in [0, 0.1) is 6.92 Å². The highest BCUT2D eigenvalue weighted by atomic mass is 16.5. The molecule has 1 atom stereocenters. The molecular formula is C13H18O2. The van der Waals surface area contributed by atoms with Crippen LogP contribution in [0.5, 0.6) is 5.75 Å². The molecule has 0 radical (unpaired) electrons. The van der Waals surface area contributed by atoms with Crippen LogP contribution in [0.2, 0.25) is 0 Å². The van der Waals surface area contributed by atoms with Crippen LogP contribution in [0.1, 0.15) is 12.5 Å². The van der Waals surface area contributed by atoms with Gasteiger partial charge in [0.25, 0.3) is 0 Å². The summed E-state index contributed by atoms with van der Waals surface area (Å²) in [5.41, 5.74) is 1.23. The van der Waals surface area contributed by atoms with E-state index in [0.29, 0.717) is 13.2 Å². The smallest absolute Gasteiger partial charge is 0.119 e. The third-order valence-electron chi connectivity index (χ3n) is 2.00. The minimum absolute atomic E-state index is 0.0873. The third-order valence-corrected chi connectivity index (χ3v) is 2.00. The molecule has 15 heavy (non-hydrogen) atoms. The molecule has 0 aromatic heterocycles. The van der Waals surface area contributed by atoms with E-state index in [4.69, 9.17) is 9.47 Å². The molecule has 0 aliphatic rings. The molecule has 1 unspecified atom stereocenters. The maximum atomic E-state index is 5.56. The summed E-state index contributed by atoms with van der Waals surface area (Å²) in [7, 11) is 0. The number of rotatable bonds is 6. The molecule has 0 heterocycles. The van der Waals surface area contributed by atoms with E-state index < -0.39 is 0 Å². The molecule has 0 saturated heterocycles. The number of benzene rings is 1. The molecule has 82 valence electrons. The van der Waals surface area contributed by atoms with Crippen LogP contribution in [0.4, 0.5) is 0 Å². The zero-order chi connectivity index (χ0) is 11.1. The molecule has 0 amide bonds. The first-order valence-corrected chi connectivity index (χ1v) is 5.14. The molecule has 0 N–H and O–H groups in total. The van der Waals surface area contributed by atoms with Crippen LogP contribution in [-0.4, -0.2) is 19.3 Å². The molecule has 1 aromatic carbocycles. The molecule has 0 fully saturated rings. The average molecular weight is 206 g/mol. The van der Waals surface area contributed by atoms with E-state index in [0.717, 1.165) is 5.75 Å². The van der Waals surface area contributed by atoms with Crippen LogP contribution >= 0.6 is 0 Å². The summed E-state index contributed by atoms with van der Waals surface area (Å²) in [6, 6.07) is 8.00. The number of aryl methyl sites for hydroxylation is 1. The Morgan fingerprint density at radius 2 is 2.00 bits per heavy atom. The molecule has 2 heteroatoms. The van der Waals surface area contributed by atoms with Crippen molar-refractivity contribution in [2.75, 3.05) is 13.2 Å². The fourth-order valence-corrected chi connectivity index (χ4v) is 1.13. The Labute approximate surface area is 91.5 Å². The molecule has 0 aliphatic heterocycles. The van der Waals surface area contributed by atoms with Crippen LogP contribution in [0.3, 0.4) is 0 Å². The summed E-state index contributed by atoms with van der Waals surface area (Å²) in [4.78, 5) is 0. The Bertz CT molecular complexity index is 290. The average Bonchev–Trinajstić information content (AvgIpc) is 2.25. The third kappa shape index (κ3) is 4.66. The normalized spacial score (nSPS) is 12.1. The summed E-state index contributed by atoms with van der Waals surface area (Å²) in [5.74, 6) is 0.884. The molecular weight excluding hydrogens is 188 g/mol. The van der Waals surface area contributed by atoms with Gasteiger partial charge in [-0.3, -0.25) is 0 Å². The molecule has 1 aromatic rings. The van der Waals surface area contributed by atoms with Gasteiger partial charge in [-0.05, 0) is 26.0 Å². The lowest BCUT2D eigenvalue weighted by molar-refractivity contribution is 0.0494. The number of ether oxygens (including phenoxy) is 2. The Hall–Kier alpha value is -1.28. The largest absolute Gasteiger partial charge is 0.491 e. The van der Waals surface area contributed by atoms with E-state index in [1.165, 1.54) is 5.56 Å². The maximum Gasteiger partial charge on any atom is 0.119 e. The first-order chi connectivity index (χ1) is 7.22. The van der Waals surface area contributed by atoms with Crippen LogP contribution in [0.25, 0.3) is 0 Å². The zero-order valence-corrected chi connectivity index (χ0v) is 9.40. The van der Waals surface area contributed by atoms with Gasteiger partial charge in [0.15, 0.2) is 0 Å². The predicted molar refractivity (Wildman–Crippen MR) is 62.3 cm³/mol. The highest BCUT2D eigenvalue weighted by molar-refractivity contribution is 5.26. The summed E-state index contributed by atoms with van der Waals surface area (Å²) < 4.78 is 11.0. The van der Waals surface area contributed by atoms with E-state index in [2.05, 4.69) is 13.5 Å². The highest BCUT2D eigenvalue weighted by Crippen LogP contribution is 2.11. The van der Waals surface area contributed by atoms with Gasteiger partial charge in [0.05, 0.1) is 12.7 Å². The van der Waals surface area contributed by atoms with Gasteiger partial charge in [-0.2, -0.15) is 0 Å².